The molecule has 0 radical (unpaired) electrons. The van der Waals surface area contributed by atoms with E-state index in [-0.39, 0.29) is 12.2 Å². The lowest BCUT2D eigenvalue weighted by Gasteiger charge is -2.10. The average molecular weight is 429 g/mol. The first kappa shape index (κ1) is 21.2. The fourth-order valence-corrected chi connectivity index (χ4v) is 3.90. The monoisotopic (exact) mass is 429 g/mol. The smallest absolute Gasteiger partial charge is 0.355 e. The van der Waals surface area contributed by atoms with Crippen molar-refractivity contribution in [2.24, 2.45) is 0 Å². The van der Waals surface area contributed by atoms with Crippen LogP contribution in [0, 0.1) is 0 Å². The molecule has 1 aromatic heterocycles. The van der Waals surface area contributed by atoms with Crippen molar-refractivity contribution in [1.82, 2.24) is 4.98 Å². The molecule has 0 saturated heterocycles. The van der Waals surface area contributed by atoms with Crippen LogP contribution < -0.4 is 4.74 Å². The Hall–Kier alpha value is -4.06. The molecule has 1 heterocycles. The Balaban J connectivity index is 1.91. The maximum Gasteiger partial charge on any atom is 0.355 e. The highest BCUT2D eigenvalue weighted by molar-refractivity contribution is 6.09. The number of aromatic amines is 1. The van der Waals surface area contributed by atoms with Crippen LogP contribution in [0.15, 0.2) is 66.7 Å². The molecular formula is C26H23NO5. The number of aromatic carboxylic acids is 1. The van der Waals surface area contributed by atoms with E-state index < -0.39 is 11.9 Å². The van der Waals surface area contributed by atoms with E-state index in [1.165, 1.54) is 12.1 Å². The van der Waals surface area contributed by atoms with E-state index in [0.29, 0.717) is 17.7 Å². The van der Waals surface area contributed by atoms with Crippen LogP contribution in [0.1, 0.15) is 38.9 Å². The predicted octanol–water partition coefficient (Wildman–Crippen LogP) is 5.31. The summed E-state index contributed by atoms with van der Waals surface area (Å²) in [5.41, 5.74) is 4.88. The van der Waals surface area contributed by atoms with E-state index >= 15 is 0 Å². The number of aromatic nitrogens is 1. The van der Waals surface area contributed by atoms with Crippen molar-refractivity contribution >= 4 is 22.8 Å². The van der Waals surface area contributed by atoms with Crippen LogP contribution in [0.5, 0.6) is 5.75 Å². The van der Waals surface area contributed by atoms with Gasteiger partial charge in [-0.05, 0) is 60.4 Å². The van der Waals surface area contributed by atoms with Gasteiger partial charge in [0.2, 0.25) is 0 Å². The second-order valence-electron chi connectivity index (χ2n) is 7.35. The molecule has 0 aliphatic rings. The first-order valence-electron chi connectivity index (χ1n) is 10.3. The minimum atomic E-state index is -1.00. The lowest BCUT2D eigenvalue weighted by atomic mass is 9.94. The third-order valence-electron chi connectivity index (χ3n) is 5.34. The van der Waals surface area contributed by atoms with Gasteiger partial charge in [0.1, 0.15) is 11.4 Å². The van der Waals surface area contributed by atoms with Crippen molar-refractivity contribution < 1.29 is 24.2 Å². The summed E-state index contributed by atoms with van der Waals surface area (Å²) >= 11 is 0. The van der Waals surface area contributed by atoms with E-state index in [1.807, 2.05) is 42.5 Å². The number of ether oxygens (including phenoxy) is 2. The van der Waals surface area contributed by atoms with E-state index in [2.05, 4.69) is 4.98 Å². The number of carboxylic acid groups (broad SMARTS) is 1. The summed E-state index contributed by atoms with van der Waals surface area (Å²) in [5.74, 6) is -0.673. The maximum absolute atomic E-state index is 12.8. The van der Waals surface area contributed by atoms with Crippen LogP contribution in [0.25, 0.3) is 22.0 Å². The number of esters is 1. The number of hydrogen-bond donors (Lipinski definition) is 2. The summed E-state index contributed by atoms with van der Waals surface area (Å²) in [7, 11) is 1.64. The largest absolute Gasteiger partial charge is 0.497 e. The number of hydrogen-bond acceptors (Lipinski definition) is 4. The first-order valence-corrected chi connectivity index (χ1v) is 10.3. The summed E-state index contributed by atoms with van der Waals surface area (Å²) in [6.07, 6.45) is 0.634. The van der Waals surface area contributed by atoms with Crippen LogP contribution in [0.2, 0.25) is 0 Å². The van der Waals surface area contributed by atoms with E-state index in [1.54, 1.807) is 26.2 Å². The van der Waals surface area contributed by atoms with Gasteiger partial charge in [-0.25, -0.2) is 9.59 Å². The van der Waals surface area contributed by atoms with Crippen molar-refractivity contribution in [3.05, 3.63) is 89.1 Å². The zero-order valence-corrected chi connectivity index (χ0v) is 17.8. The molecule has 0 aliphatic heterocycles. The SMILES string of the molecule is CCOC(=O)c1[nH]c2cccc(Cc3cccc(OC)c3)c2c1-c1ccc(C(=O)O)cc1. The van der Waals surface area contributed by atoms with Crippen molar-refractivity contribution in [1.29, 1.82) is 0 Å². The Kier molecular flexibility index (Phi) is 5.94. The van der Waals surface area contributed by atoms with Crippen LogP contribution in [0.4, 0.5) is 0 Å². The molecule has 4 rings (SSSR count). The number of fused-ring (bicyclic) bond motifs is 1. The molecule has 162 valence electrons. The molecule has 0 atom stereocenters. The summed E-state index contributed by atoms with van der Waals surface area (Å²) in [4.78, 5) is 27.3. The first-order chi connectivity index (χ1) is 15.5. The van der Waals surface area contributed by atoms with Gasteiger partial charge in [0.05, 0.1) is 19.3 Å². The Bertz CT molecular complexity index is 1290. The van der Waals surface area contributed by atoms with Crippen molar-refractivity contribution in [2.45, 2.75) is 13.3 Å². The number of carbonyl (C=O) groups excluding carboxylic acids is 1. The molecule has 3 aromatic carbocycles. The van der Waals surface area contributed by atoms with Gasteiger partial charge in [0.15, 0.2) is 0 Å². The fraction of sp³-hybridized carbons (Fsp3) is 0.154. The maximum atomic E-state index is 12.8. The molecule has 0 unspecified atom stereocenters. The van der Waals surface area contributed by atoms with Gasteiger partial charge >= 0.3 is 11.9 Å². The van der Waals surface area contributed by atoms with Crippen LogP contribution in [-0.4, -0.2) is 35.7 Å². The highest BCUT2D eigenvalue weighted by Crippen LogP contribution is 2.36. The normalized spacial score (nSPS) is 10.8. The zero-order chi connectivity index (χ0) is 22.7. The van der Waals surface area contributed by atoms with Gasteiger partial charge < -0.3 is 19.6 Å². The standard InChI is InChI=1S/C26H23NO5/c1-3-32-26(30)24-23(17-10-12-18(13-11-17)25(28)29)22-19(7-5-9-21(22)27-24)14-16-6-4-8-20(15-16)31-2/h4-13,15,27H,3,14H2,1-2H3,(H,28,29). The minimum Gasteiger partial charge on any atom is -0.497 e. The molecule has 6 heteroatoms. The van der Waals surface area contributed by atoms with E-state index in [4.69, 9.17) is 9.47 Å². The van der Waals surface area contributed by atoms with Crippen molar-refractivity contribution in [3.8, 4) is 16.9 Å². The Labute approximate surface area is 185 Å². The molecule has 2 N–H and O–H groups in total. The topological polar surface area (TPSA) is 88.6 Å². The lowest BCUT2D eigenvalue weighted by Crippen LogP contribution is -2.06. The molecule has 6 nitrogen and oxygen atoms in total. The van der Waals surface area contributed by atoms with Gasteiger partial charge in [0, 0.05) is 16.5 Å². The summed E-state index contributed by atoms with van der Waals surface area (Å²) < 4.78 is 10.6. The van der Waals surface area contributed by atoms with Gasteiger partial charge in [-0.1, -0.05) is 36.4 Å². The number of carbonyl (C=O) groups is 2. The van der Waals surface area contributed by atoms with E-state index in [9.17, 15) is 14.7 Å². The van der Waals surface area contributed by atoms with Crippen molar-refractivity contribution in [2.75, 3.05) is 13.7 Å². The lowest BCUT2D eigenvalue weighted by molar-refractivity contribution is 0.0521. The second-order valence-corrected chi connectivity index (χ2v) is 7.35. The Morgan fingerprint density at radius 1 is 1.00 bits per heavy atom. The molecule has 0 fully saturated rings. The number of rotatable bonds is 7. The molecule has 0 saturated carbocycles. The molecule has 0 spiro atoms. The van der Waals surface area contributed by atoms with Gasteiger partial charge in [-0.3, -0.25) is 0 Å². The fourth-order valence-electron chi connectivity index (χ4n) is 3.90. The quantitative estimate of drug-likeness (QED) is 0.389. The molecular weight excluding hydrogens is 406 g/mol. The molecule has 0 bridgehead atoms. The number of methoxy groups -OCH3 is 1. The Morgan fingerprint density at radius 2 is 1.75 bits per heavy atom. The van der Waals surface area contributed by atoms with Crippen molar-refractivity contribution in [3.63, 3.8) is 0 Å². The number of benzene rings is 3. The van der Waals surface area contributed by atoms with Gasteiger partial charge in [-0.15, -0.1) is 0 Å². The van der Waals surface area contributed by atoms with Crippen LogP contribution in [-0.2, 0) is 11.2 Å². The molecule has 32 heavy (non-hydrogen) atoms. The van der Waals surface area contributed by atoms with Gasteiger partial charge in [0.25, 0.3) is 0 Å². The summed E-state index contributed by atoms with van der Waals surface area (Å²) in [6, 6.07) is 20.3. The third-order valence-corrected chi connectivity index (χ3v) is 5.34. The number of nitrogens with one attached hydrogen (secondary N) is 1. The number of H-pyrrole nitrogens is 1. The van der Waals surface area contributed by atoms with Crippen LogP contribution >= 0.6 is 0 Å². The average Bonchev–Trinajstić information content (AvgIpc) is 3.20. The van der Waals surface area contributed by atoms with Crippen LogP contribution in [0.3, 0.4) is 0 Å². The van der Waals surface area contributed by atoms with Gasteiger partial charge in [-0.2, -0.15) is 0 Å². The second kappa shape index (κ2) is 8.98. The zero-order valence-electron chi connectivity index (χ0n) is 17.8. The molecule has 4 aromatic rings. The summed E-state index contributed by atoms with van der Waals surface area (Å²) in [5, 5.41) is 10.2. The Morgan fingerprint density at radius 3 is 2.44 bits per heavy atom. The number of carboxylic acids is 1. The highest BCUT2D eigenvalue weighted by atomic mass is 16.5. The predicted molar refractivity (Wildman–Crippen MR) is 122 cm³/mol. The molecule has 0 aliphatic carbocycles. The third kappa shape index (κ3) is 4.07. The minimum absolute atomic E-state index is 0.183. The molecule has 0 amide bonds. The summed E-state index contributed by atoms with van der Waals surface area (Å²) in [6.45, 7) is 2.01. The highest BCUT2D eigenvalue weighted by Gasteiger charge is 2.22. The van der Waals surface area contributed by atoms with E-state index in [0.717, 1.165) is 33.3 Å².